The first kappa shape index (κ1) is 27.6. The summed E-state index contributed by atoms with van der Waals surface area (Å²) in [4.78, 5) is 45.0. The zero-order valence-electron chi connectivity index (χ0n) is 22.2. The average molecular weight is 533 g/mol. The summed E-state index contributed by atoms with van der Waals surface area (Å²) in [7, 11) is 0. The molecule has 3 saturated heterocycles. The number of para-hydroxylation sites is 1. The second kappa shape index (κ2) is 10.0. The number of anilines is 1. The number of rotatable bonds is 9. The Morgan fingerprint density at radius 3 is 2.65 bits per heavy atom. The zero-order valence-corrected chi connectivity index (χ0v) is 23.0. The van der Waals surface area contributed by atoms with Gasteiger partial charge in [-0.1, -0.05) is 43.7 Å². The number of esters is 1. The van der Waals surface area contributed by atoms with Gasteiger partial charge in [-0.25, -0.2) is 0 Å². The topological polar surface area (TPSA) is 96.4 Å². The minimum atomic E-state index is -1.22. The predicted octanol–water partition coefficient (Wildman–Crippen LogP) is 3.51. The zero-order chi connectivity index (χ0) is 27.3. The van der Waals surface area contributed by atoms with E-state index in [0.717, 1.165) is 5.56 Å². The molecule has 2 unspecified atom stereocenters. The third-order valence-corrected chi connectivity index (χ3v) is 8.64. The van der Waals surface area contributed by atoms with Crippen LogP contribution in [0, 0.1) is 24.7 Å². The third kappa shape index (κ3) is 4.08. The summed E-state index contributed by atoms with van der Waals surface area (Å²) in [6.07, 6.45) is 2.55. The average Bonchev–Trinajstić information content (AvgIpc) is 3.39. The Morgan fingerprint density at radius 1 is 1.38 bits per heavy atom. The van der Waals surface area contributed by atoms with Crippen molar-refractivity contribution in [2.24, 2.45) is 17.8 Å². The van der Waals surface area contributed by atoms with Crippen molar-refractivity contribution in [2.45, 2.75) is 70.7 Å². The fourth-order valence-electron chi connectivity index (χ4n) is 6.74. The number of ether oxygens (including phenoxy) is 2. The molecule has 2 amide bonds. The maximum Gasteiger partial charge on any atom is 0.312 e. The van der Waals surface area contributed by atoms with Gasteiger partial charge in [0.2, 0.25) is 5.91 Å². The van der Waals surface area contributed by atoms with E-state index in [2.05, 4.69) is 6.58 Å². The Hall–Kier alpha value is -2.42. The Balaban J connectivity index is 1.90. The van der Waals surface area contributed by atoms with Gasteiger partial charge in [0.15, 0.2) is 0 Å². The van der Waals surface area contributed by atoms with Gasteiger partial charge in [-0.05, 0) is 51.2 Å². The van der Waals surface area contributed by atoms with Gasteiger partial charge in [0.25, 0.3) is 5.91 Å². The number of nitrogens with zero attached hydrogens (tertiary/aromatic N) is 2. The van der Waals surface area contributed by atoms with Crippen LogP contribution in [0.2, 0.25) is 5.02 Å². The normalized spacial score (nSPS) is 31.0. The molecule has 9 heteroatoms. The number of aliphatic hydroxyl groups is 1. The number of hydrogen-bond acceptors (Lipinski definition) is 6. The van der Waals surface area contributed by atoms with Crippen molar-refractivity contribution >= 4 is 35.1 Å². The number of fused-ring (bicyclic) bond motifs is 1. The Morgan fingerprint density at radius 2 is 2.08 bits per heavy atom. The molecule has 6 atom stereocenters. The van der Waals surface area contributed by atoms with Gasteiger partial charge in [-0.15, -0.1) is 6.58 Å². The van der Waals surface area contributed by atoms with E-state index < -0.39 is 41.1 Å². The molecule has 3 aliphatic rings. The number of likely N-dealkylation sites (tertiary alicyclic amines) is 1. The lowest BCUT2D eigenvalue weighted by molar-refractivity contribution is -0.160. The molecule has 1 aromatic carbocycles. The predicted molar refractivity (Wildman–Crippen MR) is 140 cm³/mol. The van der Waals surface area contributed by atoms with E-state index in [1.807, 2.05) is 39.8 Å². The summed E-state index contributed by atoms with van der Waals surface area (Å²) in [6, 6.07) is 3.69. The Bertz CT molecular complexity index is 1090. The number of benzene rings is 1. The van der Waals surface area contributed by atoms with Crippen LogP contribution in [0.25, 0.3) is 0 Å². The molecule has 37 heavy (non-hydrogen) atoms. The van der Waals surface area contributed by atoms with Crippen LogP contribution in [0.4, 0.5) is 5.69 Å². The standard InChI is InChI=1S/C28H37ClN2O6/c1-7-14-30(22-17(5)10-9-11-18(22)29)25(34)23-28-13-12-27(6,37-28)21(26(35)36-8-2)20(28)24(33)31(23)19(15-32)16(3)4/h7,9-11,16,19-21,23,32H,1,8,12-15H2,2-6H3/t19-,20-,21+,23?,27-,28?/m0/s1. The first-order valence-electron chi connectivity index (χ1n) is 13.0. The third-order valence-electron chi connectivity index (χ3n) is 8.34. The quantitative estimate of drug-likeness (QED) is 0.386. The van der Waals surface area contributed by atoms with Gasteiger partial charge in [-0.3, -0.25) is 14.4 Å². The van der Waals surface area contributed by atoms with Crippen LogP contribution in [0.1, 0.15) is 46.1 Å². The lowest BCUT2D eigenvalue weighted by atomic mass is 9.66. The minimum Gasteiger partial charge on any atom is -0.466 e. The summed E-state index contributed by atoms with van der Waals surface area (Å²) >= 11 is 6.58. The van der Waals surface area contributed by atoms with Crippen molar-refractivity contribution < 1.29 is 29.0 Å². The molecule has 0 saturated carbocycles. The molecule has 0 aromatic heterocycles. The SMILES string of the molecule is C=CCN(C(=O)C1N([C@@H](CO)C(C)C)C(=O)[C@@H]2[C@H](C(=O)OCC)[C@]3(C)CCC12O3)c1c(C)cccc1Cl. The van der Waals surface area contributed by atoms with Gasteiger partial charge in [0, 0.05) is 6.54 Å². The van der Waals surface area contributed by atoms with Gasteiger partial charge in [0.05, 0.1) is 41.5 Å². The van der Waals surface area contributed by atoms with Crippen LogP contribution >= 0.6 is 11.6 Å². The van der Waals surface area contributed by atoms with Gasteiger partial charge >= 0.3 is 5.97 Å². The van der Waals surface area contributed by atoms with E-state index in [9.17, 15) is 19.5 Å². The van der Waals surface area contributed by atoms with Crippen molar-refractivity contribution in [1.82, 2.24) is 4.90 Å². The number of carbonyl (C=O) groups excluding carboxylic acids is 3. The van der Waals surface area contributed by atoms with E-state index in [1.54, 1.807) is 19.1 Å². The summed E-state index contributed by atoms with van der Waals surface area (Å²) in [6.45, 7) is 13.0. The van der Waals surface area contributed by atoms with E-state index in [0.29, 0.717) is 23.6 Å². The van der Waals surface area contributed by atoms with Crippen LogP contribution in [0.15, 0.2) is 30.9 Å². The summed E-state index contributed by atoms with van der Waals surface area (Å²) in [5, 5.41) is 10.8. The molecular formula is C28H37ClN2O6. The molecule has 3 aliphatic heterocycles. The molecule has 202 valence electrons. The fraction of sp³-hybridized carbons (Fsp3) is 0.607. The van der Waals surface area contributed by atoms with Crippen LogP contribution in [-0.4, -0.2) is 70.8 Å². The lowest BCUT2D eigenvalue weighted by Crippen LogP contribution is -2.60. The highest BCUT2D eigenvalue weighted by Crippen LogP contribution is 2.64. The first-order chi connectivity index (χ1) is 17.5. The molecule has 4 rings (SSSR count). The van der Waals surface area contributed by atoms with Crippen molar-refractivity contribution in [1.29, 1.82) is 0 Å². The molecule has 3 fully saturated rings. The number of carbonyl (C=O) groups is 3. The molecular weight excluding hydrogens is 496 g/mol. The second-order valence-electron chi connectivity index (χ2n) is 10.9. The van der Waals surface area contributed by atoms with Gasteiger partial charge < -0.3 is 24.4 Å². The van der Waals surface area contributed by atoms with Crippen LogP contribution in [0.3, 0.4) is 0 Å². The van der Waals surface area contributed by atoms with E-state index in [1.165, 1.54) is 9.80 Å². The summed E-state index contributed by atoms with van der Waals surface area (Å²) in [5.41, 5.74) is -0.819. The van der Waals surface area contributed by atoms with Crippen LogP contribution < -0.4 is 4.90 Å². The number of hydrogen-bond donors (Lipinski definition) is 1. The summed E-state index contributed by atoms with van der Waals surface area (Å²) < 4.78 is 12.0. The molecule has 2 bridgehead atoms. The van der Waals surface area contributed by atoms with Crippen molar-refractivity contribution in [3.05, 3.63) is 41.4 Å². The van der Waals surface area contributed by atoms with E-state index in [4.69, 9.17) is 21.1 Å². The highest BCUT2D eigenvalue weighted by Gasteiger charge is 2.79. The van der Waals surface area contributed by atoms with Crippen molar-refractivity contribution in [2.75, 3.05) is 24.7 Å². The first-order valence-corrected chi connectivity index (χ1v) is 13.3. The van der Waals surface area contributed by atoms with Crippen LogP contribution in [0.5, 0.6) is 0 Å². The number of aliphatic hydroxyl groups excluding tert-OH is 1. The smallest absolute Gasteiger partial charge is 0.312 e. The number of amides is 2. The molecule has 1 N–H and O–H groups in total. The van der Waals surface area contributed by atoms with E-state index in [-0.39, 0.29) is 37.5 Å². The lowest BCUT2D eigenvalue weighted by Gasteiger charge is -2.41. The molecule has 0 aliphatic carbocycles. The van der Waals surface area contributed by atoms with Crippen molar-refractivity contribution in [3.8, 4) is 0 Å². The number of halogens is 1. The largest absolute Gasteiger partial charge is 0.466 e. The highest BCUT2D eigenvalue weighted by atomic mass is 35.5. The second-order valence-corrected chi connectivity index (χ2v) is 11.3. The Labute approximate surface area is 223 Å². The van der Waals surface area contributed by atoms with Gasteiger partial charge in [-0.2, -0.15) is 0 Å². The molecule has 0 radical (unpaired) electrons. The molecule has 3 heterocycles. The Kier molecular flexibility index (Phi) is 7.49. The summed E-state index contributed by atoms with van der Waals surface area (Å²) in [5.74, 6) is -3.10. The monoisotopic (exact) mass is 532 g/mol. The van der Waals surface area contributed by atoms with Crippen molar-refractivity contribution in [3.63, 3.8) is 0 Å². The maximum absolute atomic E-state index is 14.6. The maximum atomic E-state index is 14.6. The number of aryl methyl sites for hydroxylation is 1. The highest BCUT2D eigenvalue weighted by molar-refractivity contribution is 6.34. The minimum absolute atomic E-state index is 0.150. The molecule has 1 aromatic rings. The van der Waals surface area contributed by atoms with E-state index >= 15 is 0 Å². The fourth-order valence-corrected chi connectivity index (χ4v) is 7.07. The molecule has 8 nitrogen and oxygen atoms in total. The molecule has 1 spiro atoms. The van der Waals surface area contributed by atoms with Gasteiger partial charge in [0.1, 0.15) is 17.6 Å². The van der Waals surface area contributed by atoms with Crippen LogP contribution in [-0.2, 0) is 23.9 Å².